The highest BCUT2D eigenvalue weighted by atomic mass is 35.5. The lowest BCUT2D eigenvalue weighted by atomic mass is 9.57. The minimum absolute atomic E-state index is 0.00304. The second-order valence-corrected chi connectivity index (χ2v) is 10.9. The molecule has 3 aliphatic rings. The normalized spacial score (nSPS) is 23.1. The first-order chi connectivity index (χ1) is 18.1. The van der Waals surface area contributed by atoms with Gasteiger partial charge in [0.05, 0.1) is 21.6 Å². The van der Waals surface area contributed by atoms with E-state index in [1.165, 1.54) is 12.1 Å². The van der Waals surface area contributed by atoms with Gasteiger partial charge in [-0.3, -0.25) is 9.59 Å². The van der Waals surface area contributed by atoms with Gasteiger partial charge in [0.25, 0.3) is 0 Å². The lowest BCUT2D eigenvalue weighted by Crippen LogP contribution is -2.59. The van der Waals surface area contributed by atoms with Gasteiger partial charge in [-0.2, -0.15) is 4.73 Å². The molecule has 6 rings (SSSR count). The fourth-order valence-corrected chi connectivity index (χ4v) is 6.08. The minimum Gasteiger partial charge on any atom is -0.618 e. The number of benzene rings is 2. The van der Waals surface area contributed by atoms with E-state index in [2.05, 4.69) is 5.32 Å². The molecule has 3 saturated carbocycles. The molecule has 6 nitrogen and oxygen atoms in total. The van der Waals surface area contributed by atoms with E-state index in [0.29, 0.717) is 43.3 Å². The van der Waals surface area contributed by atoms with Gasteiger partial charge >= 0.3 is 5.97 Å². The fraction of sp³-hybridized carbons (Fsp3) is 0.345. The zero-order valence-electron chi connectivity index (χ0n) is 20.6. The van der Waals surface area contributed by atoms with Gasteiger partial charge in [-0.25, -0.2) is 8.78 Å². The number of fused-ring (bicyclic) bond motifs is 3. The molecule has 0 saturated heterocycles. The molecule has 1 aromatic heterocycles. The van der Waals surface area contributed by atoms with Crippen molar-refractivity contribution in [2.24, 2.45) is 5.41 Å². The fourth-order valence-electron chi connectivity index (χ4n) is 5.93. The van der Waals surface area contributed by atoms with Crippen molar-refractivity contribution in [3.8, 4) is 11.1 Å². The highest BCUT2D eigenvalue weighted by molar-refractivity contribution is 6.31. The van der Waals surface area contributed by atoms with Gasteiger partial charge in [-0.15, -0.1) is 0 Å². The van der Waals surface area contributed by atoms with Gasteiger partial charge in [0.15, 0.2) is 12.0 Å². The Labute approximate surface area is 223 Å². The Morgan fingerprint density at radius 1 is 1.00 bits per heavy atom. The van der Waals surface area contributed by atoms with E-state index in [0.717, 1.165) is 23.9 Å². The number of hydrogen-bond donors (Lipinski definition) is 2. The average Bonchev–Trinajstić information content (AvgIpc) is 2.91. The van der Waals surface area contributed by atoms with Crippen molar-refractivity contribution in [1.82, 2.24) is 5.32 Å². The van der Waals surface area contributed by atoms with Crippen LogP contribution in [0.1, 0.15) is 55.7 Å². The number of nitrogens with zero attached hydrogens (tertiary/aromatic N) is 1. The molecule has 0 aliphatic heterocycles. The van der Waals surface area contributed by atoms with Crippen LogP contribution in [-0.4, -0.2) is 22.5 Å². The third-order valence-electron chi connectivity index (χ3n) is 8.32. The van der Waals surface area contributed by atoms with E-state index >= 15 is 0 Å². The van der Waals surface area contributed by atoms with Crippen LogP contribution in [0.4, 0.5) is 8.78 Å². The van der Waals surface area contributed by atoms with Gasteiger partial charge in [0, 0.05) is 11.6 Å². The third kappa shape index (κ3) is 4.73. The number of aromatic nitrogens is 1. The lowest BCUT2D eigenvalue weighted by Gasteiger charge is -2.51. The van der Waals surface area contributed by atoms with Crippen LogP contribution in [-0.2, 0) is 16.0 Å². The summed E-state index contributed by atoms with van der Waals surface area (Å²) in [5, 5.41) is 25.8. The molecule has 1 amide bonds. The second kappa shape index (κ2) is 9.98. The molecule has 1 heterocycles. The van der Waals surface area contributed by atoms with Gasteiger partial charge in [-0.05, 0) is 68.7 Å². The largest absolute Gasteiger partial charge is 0.618 e. The number of pyridine rings is 1. The number of nitrogens with one attached hydrogen (secondary N) is 1. The van der Waals surface area contributed by atoms with Crippen LogP contribution in [0.5, 0.6) is 0 Å². The Hall–Kier alpha value is -3.52. The van der Waals surface area contributed by atoms with Crippen LogP contribution < -0.4 is 10.0 Å². The Bertz CT molecular complexity index is 1370. The number of rotatable bonds is 7. The topological polar surface area (TPSA) is 93.3 Å². The van der Waals surface area contributed by atoms with Crippen molar-refractivity contribution in [2.45, 2.75) is 56.4 Å². The molecule has 38 heavy (non-hydrogen) atoms. The first-order valence-electron chi connectivity index (χ1n) is 12.6. The number of hydrogen-bond acceptors (Lipinski definition) is 3. The summed E-state index contributed by atoms with van der Waals surface area (Å²) in [6.07, 6.45) is 4.48. The Kier molecular flexibility index (Phi) is 6.86. The summed E-state index contributed by atoms with van der Waals surface area (Å²) in [5.74, 6) is -3.82. The Morgan fingerprint density at radius 2 is 1.66 bits per heavy atom. The van der Waals surface area contributed by atoms with Crippen molar-refractivity contribution in [2.75, 3.05) is 0 Å². The molecule has 2 N–H and O–H groups in total. The van der Waals surface area contributed by atoms with E-state index in [1.54, 1.807) is 0 Å². The SMILES string of the molecule is O=C(NC12CCC(C(=O)O)(CC1)CC2)C(Cc1ccccc1)c1ccc(-c2c(F)ccc(Cl)c2F)c[n+]1[O-]. The number of carbonyl (C=O) groups is 2. The molecular weight excluding hydrogens is 514 g/mol. The maximum absolute atomic E-state index is 14.6. The molecule has 2 aromatic carbocycles. The van der Waals surface area contributed by atoms with E-state index in [-0.39, 0.29) is 28.6 Å². The van der Waals surface area contributed by atoms with Gasteiger partial charge in [0.2, 0.25) is 11.6 Å². The molecular formula is C29H27ClF2N2O4. The number of aliphatic carboxylic acids is 1. The average molecular weight is 541 g/mol. The van der Waals surface area contributed by atoms with Gasteiger partial charge in [0.1, 0.15) is 11.7 Å². The van der Waals surface area contributed by atoms with Crippen molar-refractivity contribution in [3.63, 3.8) is 0 Å². The van der Waals surface area contributed by atoms with Crippen LogP contribution in [0.25, 0.3) is 11.1 Å². The quantitative estimate of drug-likeness (QED) is 0.234. The minimum atomic E-state index is -0.968. The molecule has 3 fully saturated rings. The molecule has 1 atom stereocenters. The summed E-state index contributed by atoms with van der Waals surface area (Å²) in [4.78, 5) is 25.6. The van der Waals surface area contributed by atoms with Crippen molar-refractivity contribution < 1.29 is 28.2 Å². The molecule has 3 aliphatic carbocycles. The summed E-state index contributed by atoms with van der Waals surface area (Å²) >= 11 is 5.83. The number of amides is 1. The van der Waals surface area contributed by atoms with E-state index in [4.69, 9.17) is 11.6 Å². The molecule has 1 unspecified atom stereocenters. The summed E-state index contributed by atoms with van der Waals surface area (Å²) in [6.45, 7) is 0. The number of carboxylic acids is 1. The lowest BCUT2D eigenvalue weighted by molar-refractivity contribution is -0.614. The van der Waals surface area contributed by atoms with E-state index < -0.39 is 40.0 Å². The van der Waals surface area contributed by atoms with Crippen LogP contribution in [0, 0.1) is 22.3 Å². The molecule has 9 heteroatoms. The number of carboxylic acid groups (broad SMARTS) is 1. The zero-order chi connectivity index (χ0) is 27.1. The van der Waals surface area contributed by atoms with Crippen molar-refractivity contribution in [1.29, 1.82) is 0 Å². The number of halogens is 3. The molecule has 2 bridgehead atoms. The monoisotopic (exact) mass is 540 g/mol. The summed E-state index contributed by atoms with van der Waals surface area (Å²) < 4.78 is 29.5. The number of carbonyl (C=O) groups excluding carboxylic acids is 1. The summed E-state index contributed by atoms with van der Waals surface area (Å²) in [7, 11) is 0. The van der Waals surface area contributed by atoms with Crippen molar-refractivity contribution in [3.05, 3.63) is 93.9 Å². The van der Waals surface area contributed by atoms with E-state index in [9.17, 15) is 28.7 Å². The predicted octanol–water partition coefficient (Wildman–Crippen LogP) is 5.54. The Morgan fingerprint density at radius 3 is 2.26 bits per heavy atom. The summed E-state index contributed by atoms with van der Waals surface area (Å²) in [6, 6.07) is 14.2. The third-order valence-corrected chi connectivity index (χ3v) is 8.61. The smallest absolute Gasteiger partial charge is 0.309 e. The first-order valence-corrected chi connectivity index (χ1v) is 13.0. The van der Waals surface area contributed by atoms with Crippen LogP contribution in [0.2, 0.25) is 5.02 Å². The van der Waals surface area contributed by atoms with Crippen LogP contribution in [0.15, 0.2) is 60.8 Å². The second-order valence-electron chi connectivity index (χ2n) is 10.5. The molecule has 0 radical (unpaired) electrons. The van der Waals surface area contributed by atoms with Crippen molar-refractivity contribution >= 4 is 23.5 Å². The Balaban J connectivity index is 1.46. The molecule has 3 aromatic rings. The van der Waals surface area contributed by atoms with Gasteiger partial charge < -0.3 is 15.6 Å². The molecule has 198 valence electrons. The standard InChI is InChI=1S/C29H27ClF2N2O4/c30-21-7-8-22(31)24(25(21)32)19-6-9-23(34(38)17-19)20(16-18-4-2-1-3-5-18)26(35)33-29-13-10-28(11-14-29,12-15-29)27(36)37/h1-9,17,20H,10-16H2,(H,33,35)(H,36,37). The first kappa shape index (κ1) is 26.1. The maximum atomic E-state index is 14.6. The van der Waals surface area contributed by atoms with Crippen LogP contribution >= 0.6 is 11.6 Å². The highest BCUT2D eigenvalue weighted by Gasteiger charge is 2.53. The van der Waals surface area contributed by atoms with E-state index in [1.807, 2.05) is 30.3 Å². The predicted molar refractivity (Wildman–Crippen MR) is 137 cm³/mol. The summed E-state index contributed by atoms with van der Waals surface area (Å²) in [5.41, 5.74) is -0.649. The van der Waals surface area contributed by atoms with Gasteiger partial charge in [-0.1, -0.05) is 41.9 Å². The highest BCUT2D eigenvalue weighted by Crippen LogP contribution is 2.52. The zero-order valence-corrected chi connectivity index (χ0v) is 21.3. The van der Waals surface area contributed by atoms with Crippen LogP contribution in [0.3, 0.4) is 0 Å². The maximum Gasteiger partial charge on any atom is 0.309 e. The molecule has 0 spiro atoms.